The van der Waals surface area contributed by atoms with Crippen molar-refractivity contribution < 1.29 is 4.79 Å². The summed E-state index contributed by atoms with van der Waals surface area (Å²) >= 11 is 0. The Bertz CT molecular complexity index is 151. The third-order valence-corrected chi connectivity index (χ3v) is 1.74. The highest BCUT2D eigenvalue weighted by Crippen LogP contribution is 1.99. The summed E-state index contributed by atoms with van der Waals surface area (Å²) in [5.74, 6) is 0. The molecule has 0 aromatic heterocycles. The fourth-order valence-electron chi connectivity index (χ4n) is 0.765. The van der Waals surface area contributed by atoms with Gasteiger partial charge in [0.05, 0.1) is 12.5 Å². The minimum absolute atomic E-state index is 0.250. The van der Waals surface area contributed by atoms with Gasteiger partial charge in [0.25, 0.3) is 0 Å². The molecule has 0 N–H and O–H groups in total. The monoisotopic (exact) mass is 154 g/mol. The van der Waals surface area contributed by atoms with E-state index in [9.17, 15) is 4.79 Å². The highest BCUT2D eigenvalue weighted by atomic mass is 16.1. The number of carbonyl (C=O) groups excluding carboxylic acids is 1. The third-order valence-electron chi connectivity index (χ3n) is 1.74. The highest BCUT2D eigenvalue weighted by molar-refractivity contribution is 5.49. The standard InChI is InChI=1S/C8H14N2O/c1-8(4-5-9)10(2)6-3-7-11/h7-8H,3-4,6H2,1-2H3. The molecule has 0 aliphatic heterocycles. The van der Waals surface area contributed by atoms with Crippen molar-refractivity contribution >= 4 is 6.29 Å². The first-order valence-corrected chi connectivity index (χ1v) is 3.73. The largest absolute Gasteiger partial charge is 0.303 e. The molecular formula is C8H14N2O. The van der Waals surface area contributed by atoms with Gasteiger partial charge in [0.2, 0.25) is 0 Å². The lowest BCUT2D eigenvalue weighted by atomic mass is 10.2. The van der Waals surface area contributed by atoms with E-state index in [2.05, 4.69) is 6.07 Å². The molecule has 0 saturated carbocycles. The molecule has 0 heterocycles. The Morgan fingerprint density at radius 3 is 2.82 bits per heavy atom. The van der Waals surface area contributed by atoms with Gasteiger partial charge in [0.15, 0.2) is 0 Å². The summed E-state index contributed by atoms with van der Waals surface area (Å²) in [6.07, 6.45) is 1.97. The molecule has 0 rings (SSSR count). The van der Waals surface area contributed by atoms with E-state index in [-0.39, 0.29) is 6.04 Å². The van der Waals surface area contributed by atoms with Crippen LogP contribution in [0.4, 0.5) is 0 Å². The molecular weight excluding hydrogens is 140 g/mol. The van der Waals surface area contributed by atoms with Gasteiger partial charge in [-0.25, -0.2) is 0 Å². The van der Waals surface area contributed by atoms with Crippen molar-refractivity contribution in [2.45, 2.75) is 25.8 Å². The Kier molecular flexibility index (Phi) is 5.40. The molecule has 0 bridgehead atoms. The van der Waals surface area contributed by atoms with E-state index in [4.69, 9.17) is 5.26 Å². The van der Waals surface area contributed by atoms with Crippen LogP contribution in [0.25, 0.3) is 0 Å². The number of aldehydes is 1. The number of nitriles is 1. The van der Waals surface area contributed by atoms with Crippen LogP contribution in [-0.4, -0.2) is 30.8 Å². The van der Waals surface area contributed by atoms with Gasteiger partial charge in [0, 0.05) is 19.0 Å². The van der Waals surface area contributed by atoms with E-state index in [1.807, 2.05) is 18.9 Å². The van der Waals surface area contributed by atoms with Gasteiger partial charge in [-0.15, -0.1) is 0 Å². The van der Waals surface area contributed by atoms with Crippen molar-refractivity contribution in [1.82, 2.24) is 4.90 Å². The van der Waals surface area contributed by atoms with Crippen LogP contribution in [0, 0.1) is 11.3 Å². The molecule has 11 heavy (non-hydrogen) atoms. The Balaban J connectivity index is 3.55. The van der Waals surface area contributed by atoms with Crippen molar-refractivity contribution in [2.24, 2.45) is 0 Å². The normalized spacial score (nSPS) is 12.5. The summed E-state index contributed by atoms with van der Waals surface area (Å²) in [5.41, 5.74) is 0. The number of rotatable bonds is 5. The zero-order valence-corrected chi connectivity index (χ0v) is 7.08. The minimum Gasteiger partial charge on any atom is -0.303 e. The van der Waals surface area contributed by atoms with Crippen LogP contribution in [0.15, 0.2) is 0 Å². The predicted molar refractivity (Wildman–Crippen MR) is 43.0 cm³/mol. The number of nitrogens with zero attached hydrogens (tertiary/aromatic N) is 2. The van der Waals surface area contributed by atoms with Gasteiger partial charge >= 0.3 is 0 Å². The highest BCUT2D eigenvalue weighted by Gasteiger charge is 2.06. The lowest BCUT2D eigenvalue weighted by Gasteiger charge is -2.20. The Morgan fingerprint density at radius 2 is 2.36 bits per heavy atom. The zero-order chi connectivity index (χ0) is 8.69. The van der Waals surface area contributed by atoms with E-state index < -0.39 is 0 Å². The first-order chi connectivity index (χ1) is 5.22. The van der Waals surface area contributed by atoms with Crippen molar-refractivity contribution in [1.29, 1.82) is 5.26 Å². The molecule has 1 unspecified atom stereocenters. The summed E-state index contributed by atoms with van der Waals surface area (Å²) < 4.78 is 0. The van der Waals surface area contributed by atoms with Gasteiger partial charge in [-0.2, -0.15) is 5.26 Å². The molecule has 0 aromatic rings. The van der Waals surface area contributed by atoms with E-state index in [1.165, 1.54) is 0 Å². The van der Waals surface area contributed by atoms with Crippen molar-refractivity contribution in [2.75, 3.05) is 13.6 Å². The maximum Gasteiger partial charge on any atom is 0.121 e. The quantitative estimate of drug-likeness (QED) is 0.550. The first kappa shape index (κ1) is 10.1. The summed E-state index contributed by atoms with van der Waals surface area (Å²) in [6.45, 7) is 2.72. The molecule has 1 atom stereocenters. The van der Waals surface area contributed by atoms with Crippen LogP contribution in [-0.2, 0) is 4.79 Å². The lowest BCUT2D eigenvalue weighted by Crippen LogP contribution is -2.29. The summed E-state index contributed by atoms with van der Waals surface area (Å²) in [4.78, 5) is 12.0. The van der Waals surface area contributed by atoms with Crippen molar-refractivity contribution in [3.05, 3.63) is 0 Å². The van der Waals surface area contributed by atoms with Crippen molar-refractivity contribution in [3.8, 4) is 6.07 Å². The van der Waals surface area contributed by atoms with Gasteiger partial charge in [-0.3, -0.25) is 0 Å². The molecule has 3 nitrogen and oxygen atoms in total. The van der Waals surface area contributed by atoms with Crippen LogP contribution in [0.3, 0.4) is 0 Å². The molecule has 0 aromatic carbocycles. The third kappa shape index (κ3) is 4.51. The summed E-state index contributed by atoms with van der Waals surface area (Å²) in [5, 5.41) is 8.36. The van der Waals surface area contributed by atoms with Gasteiger partial charge < -0.3 is 9.69 Å². The lowest BCUT2D eigenvalue weighted by molar-refractivity contribution is -0.108. The molecule has 62 valence electrons. The van der Waals surface area contributed by atoms with Crippen LogP contribution in [0.1, 0.15) is 19.8 Å². The predicted octanol–water partition coefficient (Wildman–Crippen LogP) is 0.809. The topological polar surface area (TPSA) is 44.1 Å². The smallest absolute Gasteiger partial charge is 0.121 e. The minimum atomic E-state index is 0.250. The van der Waals surface area contributed by atoms with Crippen molar-refractivity contribution in [3.63, 3.8) is 0 Å². The average Bonchev–Trinajstić information content (AvgIpc) is 2.00. The zero-order valence-electron chi connectivity index (χ0n) is 7.08. The molecule has 0 fully saturated rings. The fraction of sp³-hybridized carbons (Fsp3) is 0.750. The summed E-state index contributed by atoms with van der Waals surface area (Å²) in [7, 11) is 1.92. The fourth-order valence-corrected chi connectivity index (χ4v) is 0.765. The number of hydrogen-bond acceptors (Lipinski definition) is 3. The maximum absolute atomic E-state index is 10.00. The number of carbonyl (C=O) groups is 1. The second-order valence-electron chi connectivity index (χ2n) is 2.65. The van der Waals surface area contributed by atoms with Crippen LogP contribution in [0.5, 0.6) is 0 Å². The molecule has 0 radical (unpaired) electrons. The number of hydrogen-bond donors (Lipinski definition) is 0. The van der Waals surface area contributed by atoms with Crippen LogP contribution < -0.4 is 0 Å². The van der Waals surface area contributed by atoms with Crippen LogP contribution in [0.2, 0.25) is 0 Å². The van der Waals surface area contributed by atoms with Gasteiger partial charge in [-0.05, 0) is 14.0 Å². The molecule has 0 amide bonds. The summed E-state index contributed by atoms with van der Waals surface area (Å²) in [6, 6.07) is 2.34. The first-order valence-electron chi connectivity index (χ1n) is 3.73. The molecule has 0 aliphatic carbocycles. The van der Waals surface area contributed by atoms with E-state index in [1.54, 1.807) is 0 Å². The van der Waals surface area contributed by atoms with Gasteiger partial charge in [0.1, 0.15) is 6.29 Å². The second-order valence-corrected chi connectivity index (χ2v) is 2.65. The molecule has 3 heteroatoms. The average molecular weight is 154 g/mol. The second kappa shape index (κ2) is 5.87. The van der Waals surface area contributed by atoms with E-state index >= 15 is 0 Å². The maximum atomic E-state index is 10.00. The SMILES string of the molecule is CC(CC#N)N(C)CCC=O. The van der Waals surface area contributed by atoms with Gasteiger partial charge in [-0.1, -0.05) is 0 Å². The van der Waals surface area contributed by atoms with E-state index in [0.717, 1.165) is 12.8 Å². The molecule has 0 saturated heterocycles. The molecule has 0 aliphatic rings. The van der Waals surface area contributed by atoms with E-state index in [0.29, 0.717) is 12.8 Å². The Labute approximate surface area is 67.6 Å². The Morgan fingerprint density at radius 1 is 1.73 bits per heavy atom. The Hall–Kier alpha value is -0.880. The van der Waals surface area contributed by atoms with Crippen LogP contribution >= 0.6 is 0 Å². The molecule has 0 spiro atoms.